The van der Waals surface area contributed by atoms with Crippen LogP contribution in [0.3, 0.4) is 0 Å². The molecule has 1 heterocycles. The van der Waals surface area contributed by atoms with E-state index in [1.807, 2.05) is 0 Å². The standard InChI is InChI=1S/C12H17BrN2O2/c13-9-5-11(14-6-9)12(17)15-10-4-2-1-3-8(10)7-16/h5-6,8,10,14,16H,1-4,7H2,(H,15,17). The summed E-state index contributed by atoms with van der Waals surface area (Å²) in [6.07, 6.45) is 5.95. The average Bonchev–Trinajstić information content (AvgIpc) is 2.77. The Morgan fingerprint density at radius 3 is 2.94 bits per heavy atom. The lowest BCUT2D eigenvalue weighted by molar-refractivity contribution is 0.0868. The van der Waals surface area contributed by atoms with Crippen LogP contribution < -0.4 is 5.32 Å². The molecule has 0 aliphatic heterocycles. The predicted molar refractivity (Wildman–Crippen MR) is 68.8 cm³/mol. The lowest BCUT2D eigenvalue weighted by Gasteiger charge is -2.30. The summed E-state index contributed by atoms with van der Waals surface area (Å²) in [7, 11) is 0. The number of amides is 1. The maximum Gasteiger partial charge on any atom is 0.267 e. The maximum atomic E-state index is 11.9. The van der Waals surface area contributed by atoms with Crippen LogP contribution in [0.2, 0.25) is 0 Å². The van der Waals surface area contributed by atoms with Gasteiger partial charge in [0.25, 0.3) is 5.91 Å². The molecule has 2 unspecified atom stereocenters. The zero-order valence-electron chi connectivity index (χ0n) is 9.58. The maximum absolute atomic E-state index is 11.9. The molecule has 1 aromatic heterocycles. The molecule has 1 amide bonds. The van der Waals surface area contributed by atoms with E-state index in [0.717, 1.165) is 30.2 Å². The largest absolute Gasteiger partial charge is 0.396 e. The summed E-state index contributed by atoms with van der Waals surface area (Å²) in [5.74, 6) is 0.104. The summed E-state index contributed by atoms with van der Waals surface area (Å²) in [5, 5.41) is 12.3. The van der Waals surface area contributed by atoms with Crippen LogP contribution in [0.1, 0.15) is 36.2 Å². The van der Waals surface area contributed by atoms with Crippen molar-refractivity contribution < 1.29 is 9.90 Å². The number of aliphatic hydroxyl groups is 1. The van der Waals surface area contributed by atoms with Crippen LogP contribution in [0.25, 0.3) is 0 Å². The van der Waals surface area contributed by atoms with Crippen molar-refractivity contribution in [2.24, 2.45) is 5.92 Å². The van der Waals surface area contributed by atoms with Gasteiger partial charge >= 0.3 is 0 Å². The van der Waals surface area contributed by atoms with Gasteiger partial charge in [0.05, 0.1) is 0 Å². The SMILES string of the molecule is O=C(NC1CCCCC1CO)c1cc(Br)c[nH]1. The molecule has 2 atom stereocenters. The van der Waals surface area contributed by atoms with Gasteiger partial charge in [0.2, 0.25) is 0 Å². The molecule has 0 bridgehead atoms. The van der Waals surface area contributed by atoms with Gasteiger partial charge in [-0.05, 0) is 34.8 Å². The number of aliphatic hydroxyl groups excluding tert-OH is 1. The Morgan fingerprint density at radius 1 is 1.53 bits per heavy atom. The number of aromatic nitrogens is 1. The minimum absolute atomic E-state index is 0.0962. The molecular formula is C12H17BrN2O2. The van der Waals surface area contributed by atoms with Crippen LogP contribution in [0, 0.1) is 5.92 Å². The summed E-state index contributed by atoms with van der Waals surface area (Å²) in [4.78, 5) is 14.8. The van der Waals surface area contributed by atoms with Gasteiger partial charge in [-0.1, -0.05) is 12.8 Å². The van der Waals surface area contributed by atoms with E-state index in [4.69, 9.17) is 0 Å². The molecule has 5 heteroatoms. The highest BCUT2D eigenvalue weighted by Gasteiger charge is 2.26. The Balaban J connectivity index is 1.97. The van der Waals surface area contributed by atoms with Crippen LogP contribution in [-0.2, 0) is 0 Å². The second-order valence-electron chi connectivity index (χ2n) is 4.54. The second kappa shape index (κ2) is 5.69. The van der Waals surface area contributed by atoms with Gasteiger partial charge < -0.3 is 15.4 Å². The number of nitrogens with one attached hydrogen (secondary N) is 2. The fourth-order valence-electron chi connectivity index (χ4n) is 2.36. The number of aromatic amines is 1. The molecule has 1 aliphatic carbocycles. The van der Waals surface area contributed by atoms with Crippen molar-refractivity contribution in [3.05, 3.63) is 22.4 Å². The number of hydrogen-bond acceptors (Lipinski definition) is 2. The van der Waals surface area contributed by atoms with E-state index < -0.39 is 0 Å². The molecule has 0 radical (unpaired) electrons. The smallest absolute Gasteiger partial charge is 0.267 e. The summed E-state index contributed by atoms with van der Waals surface area (Å²) < 4.78 is 0.866. The number of rotatable bonds is 3. The van der Waals surface area contributed by atoms with E-state index in [-0.39, 0.29) is 24.5 Å². The number of carbonyl (C=O) groups is 1. The van der Waals surface area contributed by atoms with Crippen LogP contribution in [0.4, 0.5) is 0 Å². The zero-order valence-corrected chi connectivity index (χ0v) is 11.2. The first-order valence-electron chi connectivity index (χ1n) is 5.96. The molecule has 4 nitrogen and oxygen atoms in total. The van der Waals surface area contributed by atoms with Gasteiger partial charge in [0.1, 0.15) is 5.69 Å². The van der Waals surface area contributed by atoms with Crippen molar-refractivity contribution in [1.82, 2.24) is 10.3 Å². The van der Waals surface area contributed by atoms with Gasteiger partial charge in [0, 0.05) is 29.2 Å². The molecule has 1 saturated carbocycles. The number of hydrogen-bond donors (Lipinski definition) is 3. The summed E-state index contributed by atoms with van der Waals surface area (Å²) >= 11 is 3.30. The zero-order chi connectivity index (χ0) is 12.3. The predicted octanol–water partition coefficient (Wildman–Crippen LogP) is 2.06. The molecule has 0 spiro atoms. The van der Waals surface area contributed by atoms with Crippen molar-refractivity contribution in [3.63, 3.8) is 0 Å². The number of halogens is 1. The van der Waals surface area contributed by atoms with Crippen molar-refractivity contribution in [1.29, 1.82) is 0 Å². The van der Waals surface area contributed by atoms with Gasteiger partial charge in [-0.15, -0.1) is 0 Å². The molecule has 94 valence electrons. The molecule has 17 heavy (non-hydrogen) atoms. The Kier molecular flexibility index (Phi) is 4.23. The van der Waals surface area contributed by atoms with Crippen LogP contribution in [0.15, 0.2) is 16.7 Å². The number of H-pyrrole nitrogens is 1. The Hall–Kier alpha value is -0.810. The fraction of sp³-hybridized carbons (Fsp3) is 0.583. The average molecular weight is 301 g/mol. The topological polar surface area (TPSA) is 65.1 Å². The normalized spacial score (nSPS) is 24.6. The van der Waals surface area contributed by atoms with E-state index in [1.165, 1.54) is 0 Å². The van der Waals surface area contributed by atoms with Gasteiger partial charge in [-0.2, -0.15) is 0 Å². The lowest BCUT2D eigenvalue weighted by Crippen LogP contribution is -2.43. The molecular weight excluding hydrogens is 284 g/mol. The highest BCUT2D eigenvalue weighted by Crippen LogP contribution is 2.24. The minimum Gasteiger partial charge on any atom is -0.396 e. The Bertz CT molecular complexity index is 392. The first-order chi connectivity index (χ1) is 8.20. The molecule has 1 aliphatic rings. The van der Waals surface area contributed by atoms with Crippen LogP contribution >= 0.6 is 15.9 Å². The summed E-state index contributed by atoms with van der Waals surface area (Å²) in [6.45, 7) is 0.152. The summed E-state index contributed by atoms with van der Waals surface area (Å²) in [5.41, 5.74) is 0.555. The van der Waals surface area contributed by atoms with E-state index in [0.29, 0.717) is 5.69 Å². The van der Waals surface area contributed by atoms with Crippen molar-refractivity contribution >= 4 is 21.8 Å². The van der Waals surface area contributed by atoms with Crippen molar-refractivity contribution in [2.45, 2.75) is 31.7 Å². The van der Waals surface area contributed by atoms with E-state index in [9.17, 15) is 9.90 Å². The quantitative estimate of drug-likeness (QED) is 0.800. The minimum atomic E-state index is -0.0962. The molecule has 1 fully saturated rings. The van der Waals surface area contributed by atoms with E-state index >= 15 is 0 Å². The fourth-order valence-corrected chi connectivity index (χ4v) is 2.70. The van der Waals surface area contributed by atoms with Crippen molar-refractivity contribution in [2.75, 3.05) is 6.61 Å². The first-order valence-corrected chi connectivity index (χ1v) is 6.75. The number of carbonyl (C=O) groups excluding carboxylic acids is 1. The third-order valence-electron chi connectivity index (χ3n) is 3.35. The van der Waals surface area contributed by atoms with Crippen LogP contribution in [-0.4, -0.2) is 28.6 Å². The Morgan fingerprint density at radius 2 is 2.29 bits per heavy atom. The Labute approximate surface area is 109 Å². The molecule has 1 aromatic rings. The third kappa shape index (κ3) is 3.10. The molecule has 0 saturated heterocycles. The van der Waals surface area contributed by atoms with Gasteiger partial charge in [-0.25, -0.2) is 0 Å². The summed E-state index contributed by atoms with van der Waals surface area (Å²) in [6, 6.07) is 1.86. The first kappa shape index (κ1) is 12.6. The highest BCUT2D eigenvalue weighted by molar-refractivity contribution is 9.10. The highest BCUT2D eigenvalue weighted by atomic mass is 79.9. The van der Waals surface area contributed by atoms with Gasteiger partial charge in [-0.3, -0.25) is 4.79 Å². The second-order valence-corrected chi connectivity index (χ2v) is 5.45. The monoisotopic (exact) mass is 300 g/mol. The van der Waals surface area contributed by atoms with E-state index in [2.05, 4.69) is 26.2 Å². The lowest BCUT2D eigenvalue weighted by atomic mass is 9.85. The molecule has 0 aromatic carbocycles. The molecule has 3 N–H and O–H groups in total. The third-order valence-corrected chi connectivity index (χ3v) is 3.81. The molecule has 2 rings (SSSR count). The van der Waals surface area contributed by atoms with Crippen molar-refractivity contribution in [3.8, 4) is 0 Å². The van der Waals surface area contributed by atoms with Gasteiger partial charge in [0.15, 0.2) is 0 Å². The van der Waals surface area contributed by atoms with Crippen LogP contribution in [0.5, 0.6) is 0 Å². The van der Waals surface area contributed by atoms with E-state index in [1.54, 1.807) is 12.3 Å².